The minimum atomic E-state index is 0. The topological polar surface area (TPSA) is 28.2 Å². The summed E-state index contributed by atoms with van der Waals surface area (Å²) in [7, 11) is 0. The fraction of sp³-hybridized carbons (Fsp3) is 0.929. The maximum atomic E-state index is 4.70. The van der Waals surface area contributed by atoms with Crippen LogP contribution in [0.4, 0.5) is 0 Å². The Morgan fingerprint density at radius 2 is 1.35 bits per heavy atom. The molecule has 0 aliphatic carbocycles. The van der Waals surface area contributed by atoms with E-state index < -0.39 is 0 Å². The normalized spacial score (nSPS) is 14.5. The maximum absolute atomic E-state index is 4.70. The van der Waals surface area contributed by atoms with E-state index in [1.54, 1.807) is 6.92 Å². The number of hydrogen-bond donors (Lipinski definition) is 0. The summed E-state index contributed by atoms with van der Waals surface area (Å²) in [5.41, 5.74) is 0.0803. The molecule has 0 heterocycles. The first-order valence-electron chi connectivity index (χ1n) is 6.33. The van der Waals surface area contributed by atoms with E-state index in [4.69, 9.17) is 5.32 Å². The molecule has 0 amide bonds. The van der Waals surface area contributed by atoms with Crippen molar-refractivity contribution in [2.45, 2.75) is 85.5 Å². The SMILES string of the molecule is CC(C)[N-]C(C)CC(C)[N-]C(C)(C)C.[CH2-]C.[Zn]. The summed E-state index contributed by atoms with van der Waals surface area (Å²) in [5, 5.41) is 9.28. The largest absolute Gasteiger partial charge is 0.657 e. The second-order valence-electron chi connectivity index (χ2n) is 5.48. The van der Waals surface area contributed by atoms with Gasteiger partial charge in [-0.05, 0) is 0 Å². The predicted octanol–water partition coefficient (Wildman–Crippen LogP) is 4.95. The molecule has 0 N–H and O–H groups in total. The predicted molar refractivity (Wildman–Crippen MR) is 76.2 cm³/mol. The van der Waals surface area contributed by atoms with Crippen molar-refractivity contribution in [3.05, 3.63) is 17.6 Å². The Morgan fingerprint density at radius 1 is 0.941 bits per heavy atom. The van der Waals surface area contributed by atoms with E-state index in [1.807, 2.05) is 0 Å². The van der Waals surface area contributed by atoms with Crippen LogP contribution in [-0.4, -0.2) is 23.7 Å². The van der Waals surface area contributed by atoms with Crippen molar-refractivity contribution in [1.29, 1.82) is 0 Å². The number of nitrogens with zero attached hydrogens (tertiary/aromatic N) is 2. The summed E-state index contributed by atoms with van der Waals surface area (Å²) in [4.78, 5) is 0. The first-order chi connectivity index (χ1) is 7.20. The van der Waals surface area contributed by atoms with E-state index in [0.29, 0.717) is 18.1 Å². The fourth-order valence-electron chi connectivity index (χ4n) is 1.78. The van der Waals surface area contributed by atoms with Crippen LogP contribution in [-0.2, 0) is 19.5 Å². The van der Waals surface area contributed by atoms with Crippen molar-refractivity contribution < 1.29 is 19.5 Å². The van der Waals surface area contributed by atoms with E-state index in [0.717, 1.165) is 6.42 Å². The van der Waals surface area contributed by atoms with Crippen LogP contribution < -0.4 is 0 Å². The summed E-state index contributed by atoms with van der Waals surface area (Å²) in [6.45, 7) is 20.0. The van der Waals surface area contributed by atoms with Gasteiger partial charge in [-0.25, -0.2) is 0 Å². The molecule has 0 aromatic rings. The van der Waals surface area contributed by atoms with E-state index in [-0.39, 0.29) is 25.0 Å². The molecule has 0 aliphatic heterocycles. The van der Waals surface area contributed by atoms with Crippen LogP contribution in [0.3, 0.4) is 0 Å². The zero-order valence-corrected chi connectivity index (χ0v) is 16.2. The molecular weight excluding hydrogens is 262 g/mol. The zero-order chi connectivity index (χ0) is 13.4. The van der Waals surface area contributed by atoms with Gasteiger partial charge in [-0.2, -0.15) is 6.92 Å². The third-order valence-electron chi connectivity index (χ3n) is 1.84. The van der Waals surface area contributed by atoms with Crippen molar-refractivity contribution in [1.82, 2.24) is 0 Å². The smallest absolute Gasteiger partial charge is 0 e. The molecular formula is C14H31N2Zn-3. The molecule has 2 nitrogen and oxygen atoms in total. The number of hydrogen-bond acceptors (Lipinski definition) is 0. The molecule has 102 valence electrons. The molecule has 0 aromatic heterocycles. The van der Waals surface area contributed by atoms with Crippen molar-refractivity contribution in [3.63, 3.8) is 0 Å². The van der Waals surface area contributed by atoms with Crippen LogP contribution in [0.5, 0.6) is 0 Å². The van der Waals surface area contributed by atoms with Crippen LogP contribution in [0.1, 0.15) is 61.8 Å². The van der Waals surface area contributed by atoms with Gasteiger partial charge in [0.15, 0.2) is 0 Å². The summed E-state index contributed by atoms with van der Waals surface area (Å²) in [6.07, 6.45) is 1.06. The molecule has 2 unspecified atom stereocenters. The van der Waals surface area contributed by atoms with Crippen LogP contribution in [0, 0.1) is 6.92 Å². The van der Waals surface area contributed by atoms with Gasteiger partial charge in [-0.15, -0.1) is 23.7 Å². The second-order valence-corrected chi connectivity index (χ2v) is 5.48. The molecule has 0 aromatic carbocycles. The first kappa shape index (κ1) is 22.7. The molecule has 0 fully saturated rings. The average molecular weight is 293 g/mol. The third kappa shape index (κ3) is 19.1. The maximum Gasteiger partial charge on any atom is 0 e. The summed E-state index contributed by atoms with van der Waals surface area (Å²) in [5.74, 6) is 0. The standard InChI is InChI=1S/C12H26N2.C2H5.Zn/c1-9(2)13-10(3)8-11(4)14-12(5,6)7;1-2;/h9-11H,8H2,1-7H3;1H2,2H3;/q-2;-1;. The van der Waals surface area contributed by atoms with E-state index in [1.165, 1.54) is 0 Å². The van der Waals surface area contributed by atoms with Gasteiger partial charge < -0.3 is 17.6 Å². The molecule has 0 rings (SSSR count). The minimum absolute atomic E-state index is 0. The molecule has 3 heteroatoms. The Balaban J connectivity index is -0.000000616. The Labute approximate surface area is 122 Å². The minimum Gasteiger partial charge on any atom is -0.657 e. The second kappa shape index (κ2) is 11.6. The van der Waals surface area contributed by atoms with Crippen molar-refractivity contribution in [2.24, 2.45) is 0 Å². The van der Waals surface area contributed by atoms with Crippen LogP contribution in [0.25, 0.3) is 10.6 Å². The van der Waals surface area contributed by atoms with Gasteiger partial charge in [0.2, 0.25) is 0 Å². The molecule has 17 heavy (non-hydrogen) atoms. The first-order valence-corrected chi connectivity index (χ1v) is 6.33. The quantitative estimate of drug-likeness (QED) is 0.507. The zero-order valence-electron chi connectivity index (χ0n) is 13.2. The molecule has 0 bridgehead atoms. The van der Waals surface area contributed by atoms with Crippen LogP contribution >= 0.6 is 0 Å². The number of rotatable bonds is 5. The summed E-state index contributed by atoms with van der Waals surface area (Å²) < 4.78 is 0. The van der Waals surface area contributed by atoms with Gasteiger partial charge in [0.1, 0.15) is 0 Å². The third-order valence-corrected chi connectivity index (χ3v) is 1.84. The molecule has 0 radical (unpaired) electrons. The van der Waals surface area contributed by atoms with Gasteiger partial charge in [-0.1, -0.05) is 54.9 Å². The molecule has 2 atom stereocenters. The fourth-order valence-corrected chi connectivity index (χ4v) is 1.78. The van der Waals surface area contributed by atoms with E-state index in [2.05, 4.69) is 60.7 Å². The van der Waals surface area contributed by atoms with E-state index >= 15 is 0 Å². The molecule has 0 aliphatic rings. The molecule has 0 saturated heterocycles. The van der Waals surface area contributed by atoms with Gasteiger partial charge in [0.25, 0.3) is 0 Å². The summed E-state index contributed by atoms with van der Waals surface area (Å²) in [6, 6.07) is 1.27. The molecule has 0 spiro atoms. The van der Waals surface area contributed by atoms with Crippen LogP contribution in [0.15, 0.2) is 0 Å². The molecule has 0 saturated carbocycles. The van der Waals surface area contributed by atoms with Gasteiger partial charge >= 0.3 is 0 Å². The average Bonchev–Trinajstić information content (AvgIpc) is 2.01. The van der Waals surface area contributed by atoms with Gasteiger partial charge in [0, 0.05) is 19.5 Å². The van der Waals surface area contributed by atoms with Crippen molar-refractivity contribution in [2.75, 3.05) is 0 Å². The van der Waals surface area contributed by atoms with Gasteiger partial charge in [-0.3, -0.25) is 0 Å². The van der Waals surface area contributed by atoms with E-state index in [9.17, 15) is 0 Å². The monoisotopic (exact) mass is 291 g/mol. The van der Waals surface area contributed by atoms with Gasteiger partial charge in [0.05, 0.1) is 0 Å². The van der Waals surface area contributed by atoms with Crippen molar-refractivity contribution >= 4 is 0 Å². The summed E-state index contributed by atoms with van der Waals surface area (Å²) >= 11 is 0. The Bertz CT molecular complexity index is 153. The van der Waals surface area contributed by atoms with Crippen molar-refractivity contribution in [3.8, 4) is 0 Å². The Hall–Kier alpha value is 0.543. The Morgan fingerprint density at radius 3 is 1.65 bits per heavy atom. The Kier molecular flexibility index (Phi) is 15.5. The van der Waals surface area contributed by atoms with Crippen LogP contribution in [0.2, 0.25) is 0 Å².